The molecular weight excluding hydrogens is 282 g/mol. The molecule has 1 aliphatic heterocycles. The first-order chi connectivity index (χ1) is 10.6. The van der Waals surface area contributed by atoms with Gasteiger partial charge in [0.25, 0.3) is 0 Å². The number of aryl methyl sites for hydroxylation is 1. The van der Waals surface area contributed by atoms with Gasteiger partial charge in [-0.1, -0.05) is 0 Å². The average Bonchev–Trinajstić information content (AvgIpc) is 3.17. The molecule has 0 spiro atoms. The van der Waals surface area contributed by atoms with Crippen molar-refractivity contribution in [1.82, 2.24) is 19.5 Å². The summed E-state index contributed by atoms with van der Waals surface area (Å²) in [6, 6.07) is 0.242. The Bertz CT molecular complexity index is 775. The highest BCUT2D eigenvalue weighted by atomic mass is 16.5. The van der Waals surface area contributed by atoms with E-state index in [0.717, 1.165) is 24.3 Å². The van der Waals surface area contributed by atoms with Gasteiger partial charge in [0, 0.05) is 5.41 Å². The van der Waals surface area contributed by atoms with Crippen molar-refractivity contribution in [3.63, 3.8) is 0 Å². The molecule has 0 aromatic carbocycles. The van der Waals surface area contributed by atoms with Crippen LogP contribution in [-0.4, -0.2) is 43.9 Å². The maximum atomic E-state index is 9.81. The number of ether oxygens (including phenoxy) is 1. The number of rotatable bonds is 2. The number of hydrogen-bond donors (Lipinski definition) is 2. The quantitative estimate of drug-likeness (QED) is 0.846. The van der Waals surface area contributed by atoms with Crippen LogP contribution in [0.3, 0.4) is 0 Å². The van der Waals surface area contributed by atoms with Crippen LogP contribution in [0, 0.1) is 24.2 Å². The first kappa shape index (κ1) is 12.8. The maximum absolute atomic E-state index is 9.81. The second-order valence-electron chi connectivity index (χ2n) is 7.05. The molecule has 3 heterocycles. The third kappa shape index (κ3) is 1.32. The first-order valence-corrected chi connectivity index (χ1v) is 7.82. The average molecular weight is 301 g/mol. The Kier molecular flexibility index (Phi) is 2.30. The highest BCUT2D eigenvalue weighted by molar-refractivity contribution is 5.82. The third-order valence-corrected chi connectivity index (χ3v) is 6.09. The van der Waals surface area contributed by atoms with Crippen molar-refractivity contribution in [2.45, 2.75) is 31.9 Å². The third-order valence-electron chi connectivity index (χ3n) is 6.09. The van der Waals surface area contributed by atoms with Crippen LogP contribution in [0.25, 0.3) is 11.2 Å². The van der Waals surface area contributed by atoms with E-state index in [1.165, 1.54) is 6.33 Å². The van der Waals surface area contributed by atoms with E-state index in [1.54, 1.807) is 0 Å². The van der Waals surface area contributed by atoms with Crippen LogP contribution in [0.2, 0.25) is 0 Å². The van der Waals surface area contributed by atoms with Gasteiger partial charge in [-0.15, -0.1) is 0 Å². The molecule has 2 aliphatic carbocycles. The lowest BCUT2D eigenvalue weighted by Crippen LogP contribution is -2.37. The number of anilines is 1. The smallest absolute Gasteiger partial charge is 0.165 e. The summed E-state index contributed by atoms with van der Waals surface area (Å²) in [5.74, 6) is 2.29. The van der Waals surface area contributed by atoms with Crippen LogP contribution in [0.5, 0.6) is 0 Å². The number of imidazole rings is 1. The van der Waals surface area contributed by atoms with Crippen LogP contribution >= 0.6 is 0 Å². The van der Waals surface area contributed by atoms with Crippen molar-refractivity contribution in [3.8, 4) is 0 Å². The zero-order chi connectivity index (χ0) is 15.1. The largest absolute Gasteiger partial charge is 0.396 e. The van der Waals surface area contributed by atoms with Crippen molar-refractivity contribution in [2.75, 3.05) is 18.9 Å². The van der Waals surface area contributed by atoms with E-state index in [4.69, 9.17) is 10.5 Å². The molecule has 2 aromatic rings. The predicted molar refractivity (Wildman–Crippen MR) is 79.0 cm³/mol. The van der Waals surface area contributed by atoms with E-state index in [0.29, 0.717) is 29.8 Å². The van der Waals surface area contributed by atoms with Gasteiger partial charge in [-0.25, -0.2) is 15.0 Å². The fourth-order valence-corrected chi connectivity index (χ4v) is 5.20. The highest BCUT2D eigenvalue weighted by Gasteiger charge is 2.65. The molecule has 3 fully saturated rings. The van der Waals surface area contributed by atoms with Crippen molar-refractivity contribution in [2.24, 2.45) is 17.3 Å². The minimum absolute atomic E-state index is 0.00979. The van der Waals surface area contributed by atoms with E-state index < -0.39 is 0 Å². The number of aromatic nitrogens is 4. The highest BCUT2D eigenvalue weighted by Crippen LogP contribution is 2.65. The predicted octanol–water partition coefficient (Wildman–Crippen LogP) is 0.675. The number of nitrogen functional groups attached to an aromatic ring is 1. The Hall–Kier alpha value is -1.73. The number of hydrogen-bond acceptors (Lipinski definition) is 6. The number of nitrogens with two attached hydrogens (primary N) is 1. The van der Waals surface area contributed by atoms with E-state index in [9.17, 15) is 5.11 Å². The summed E-state index contributed by atoms with van der Waals surface area (Å²) in [5, 5.41) is 9.81. The molecule has 3 N–H and O–H groups in total. The SMILES string of the molecule is Cc1nc2c(N)ncnc2n1[C@H]1[C@@H]2C[C@@H]3[C@H]1OC[C@]3(CO)C2. The number of nitrogens with zero attached hydrogens (tertiary/aromatic N) is 4. The van der Waals surface area contributed by atoms with Gasteiger partial charge in [-0.2, -0.15) is 0 Å². The Morgan fingerprint density at radius 2 is 2.36 bits per heavy atom. The lowest BCUT2D eigenvalue weighted by atomic mass is 9.74. The lowest BCUT2D eigenvalue weighted by Gasteiger charge is -2.34. The lowest BCUT2D eigenvalue weighted by molar-refractivity contribution is 0.0649. The second kappa shape index (κ2) is 3.97. The second-order valence-corrected chi connectivity index (χ2v) is 7.05. The minimum atomic E-state index is -0.00979. The fraction of sp³-hybridized carbons (Fsp3) is 0.667. The molecule has 22 heavy (non-hydrogen) atoms. The zero-order valence-electron chi connectivity index (χ0n) is 12.4. The summed E-state index contributed by atoms with van der Waals surface area (Å²) in [6.45, 7) is 2.89. The summed E-state index contributed by atoms with van der Waals surface area (Å²) in [7, 11) is 0. The molecule has 0 amide bonds. The molecule has 116 valence electrons. The molecule has 5 rings (SSSR count). The summed E-state index contributed by atoms with van der Waals surface area (Å²) < 4.78 is 8.30. The Morgan fingerprint density at radius 1 is 1.50 bits per heavy atom. The van der Waals surface area contributed by atoms with Crippen molar-refractivity contribution < 1.29 is 9.84 Å². The topological polar surface area (TPSA) is 99.1 Å². The zero-order valence-corrected chi connectivity index (χ0v) is 12.4. The number of fused-ring (bicyclic) bond motifs is 2. The van der Waals surface area contributed by atoms with Crippen LogP contribution in [0.4, 0.5) is 5.82 Å². The van der Waals surface area contributed by atoms with E-state index in [-0.39, 0.29) is 24.2 Å². The van der Waals surface area contributed by atoms with Gasteiger partial charge in [0.15, 0.2) is 17.0 Å². The first-order valence-electron chi connectivity index (χ1n) is 7.82. The molecule has 0 unspecified atom stereocenters. The molecule has 2 aromatic heterocycles. The normalized spacial score (nSPS) is 39.2. The Labute approximate surface area is 127 Å². The van der Waals surface area contributed by atoms with E-state index in [1.807, 2.05) is 6.92 Å². The Balaban J connectivity index is 1.66. The van der Waals surface area contributed by atoms with Crippen molar-refractivity contribution >= 4 is 17.0 Å². The van der Waals surface area contributed by atoms with Gasteiger partial charge in [0.2, 0.25) is 0 Å². The summed E-state index contributed by atoms with van der Waals surface area (Å²) in [4.78, 5) is 13.0. The van der Waals surface area contributed by atoms with E-state index >= 15 is 0 Å². The van der Waals surface area contributed by atoms with Crippen molar-refractivity contribution in [1.29, 1.82) is 0 Å². The monoisotopic (exact) mass is 301 g/mol. The van der Waals surface area contributed by atoms with Gasteiger partial charge >= 0.3 is 0 Å². The molecule has 7 nitrogen and oxygen atoms in total. The molecule has 2 bridgehead atoms. The molecule has 2 saturated carbocycles. The van der Waals surface area contributed by atoms with Gasteiger partial charge in [0.05, 0.1) is 25.4 Å². The number of aliphatic hydroxyl groups is 1. The Morgan fingerprint density at radius 3 is 3.18 bits per heavy atom. The standard InChI is InChI=1S/C15H19N5O2/c1-7-19-10-13(16)17-6-18-14(10)20(7)11-8-2-9-12(11)22-5-15(9,3-8)4-21/h6,8-9,11-12,21H,2-5H2,1H3,(H2,16,17,18)/t8-,9-,11+,12-,15-/m1/s1. The maximum Gasteiger partial charge on any atom is 0.165 e. The molecule has 3 aliphatic rings. The van der Waals surface area contributed by atoms with Crippen LogP contribution in [0.15, 0.2) is 6.33 Å². The minimum Gasteiger partial charge on any atom is -0.396 e. The van der Waals surface area contributed by atoms with Crippen LogP contribution in [-0.2, 0) is 4.74 Å². The molecule has 0 radical (unpaired) electrons. The van der Waals surface area contributed by atoms with Crippen molar-refractivity contribution in [3.05, 3.63) is 12.2 Å². The van der Waals surface area contributed by atoms with Gasteiger partial charge in [0.1, 0.15) is 12.2 Å². The van der Waals surface area contributed by atoms with Gasteiger partial charge in [-0.3, -0.25) is 0 Å². The van der Waals surface area contributed by atoms with Crippen LogP contribution in [0.1, 0.15) is 24.7 Å². The molecule has 5 atom stereocenters. The summed E-state index contributed by atoms with van der Waals surface area (Å²) >= 11 is 0. The van der Waals surface area contributed by atoms with Crippen LogP contribution < -0.4 is 5.73 Å². The summed E-state index contributed by atoms with van der Waals surface area (Å²) in [5.41, 5.74) is 7.40. The van der Waals surface area contributed by atoms with Gasteiger partial charge < -0.3 is 20.1 Å². The summed E-state index contributed by atoms with van der Waals surface area (Å²) in [6.07, 6.45) is 3.79. The molecular formula is C15H19N5O2. The molecule has 1 saturated heterocycles. The van der Waals surface area contributed by atoms with E-state index in [2.05, 4.69) is 19.5 Å². The fourth-order valence-electron chi connectivity index (χ4n) is 5.20. The molecule has 7 heteroatoms. The number of aliphatic hydroxyl groups excluding tert-OH is 1. The van der Waals surface area contributed by atoms with Gasteiger partial charge in [-0.05, 0) is 31.6 Å².